The molecule has 2 N–H and O–H groups in total. The van der Waals surface area contributed by atoms with Gasteiger partial charge in [0.25, 0.3) is 0 Å². The van der Waals surface area contributed by atoms with E-state index in [0.29, 0.717) is 36.7 Å². The Morgan fingerprint density at radius 2 is 2.00 bits per heavy atom. The molecule has 0 aliphatic carbocycles. The summed E-state index contributed by atoms with van der Waals surface area (Å²) in [4.78, 5) is 16.1. The maximum atomic E-state index is 12.9. The maximum Gasteiger partial charge on any atom is 0.416 e. The molecule has 0 saturated heterocycles. The van der Waals surface area contributed by atoms with Crippen molar-refractivity contribution in [2.24, 2.45) is 0 Å². The number of rotatable bonds is 8. The van der Waals surface area contributed by atoms with Crippen LogP contribution in [0.2, 0.25) is 0 Å². The second kappa shape index (κ2) is 9.45. The number of methoxy groups -OCH3 is 1. The van der Waals surface area contributed by atoms with Crippen molar-refractivity contribution in [2.75, 3.05) is 19.5 Å². The third-order valence-electron chi connectivity index (χ3n) is 4.38. The topological polar surface area (TPSA) is 105 Å². The van der Waals surface area contributed by atoms with Gasteiger partial charge in [0, 0.05) is 6.54 Å². The zero-order chi connectivity index (χ0) is 22.4. The quantitative estimate of drug-likeness (QED) is 0.426. The summed E-state index contributed by atoms with van der Waals surface area (Å²) in [6.07, 6.45) is -1.76. The van der Waals surface area contributed by atoms with Gasteiger partial charge in [-0.15, -0.1) is 10.2 Å². The number of unbranched alkanes of at least 4 members (excludes halogenated alkanes) is 1. The first-order valence-corrected chi connectivity index (χ1v) is 9.32. The van der Waals surface area contributed by atoms with Gasteiger partial charge in [-0.25, -0.2) is 9.78 Å². The van der Waals surface area contributed by atoms with Crippen molar-refractivity contribution in [3.63, 3.8) is 0 Å². The molecule has 2 aromatic heterocycles. The molecule has 2 heterocycles. The largest absolute Gasteiger partial charge is 0.493 e. The van der Waals surface area contributed by atoms with Gasteiger partial charge in [0.1, 0.15) is 29.2 Å². The van der Waals surface area contributed by atoms with Crippen LogP contribution in [0, 0.1) is 0 Å². The van der Waals surface area contributed by atoms with Crippen LogP contribution in [0.15, 0.2) is 42.7 Å². The van der Waals surface area contributed by atoms with Crippen molar-refractivity contribution in [1.29, 1.82) is 0 Å². The average Bonchev–Trinajstić information content (AvgIpc) is 3.21. The summed E-state index contributed by atoms with van der Waals surface area (Å²) in [6.45, 7) is 0.766. The molecule has 0 radical (unpaired) electrons. The number of hydrogen-bond acceptors (Lipinski definition) is 7. The number of nitrogens with zero attached hydrogens (tertiary/aromatic N) is 4. The predicted octanol–water partition coefficient (Wildman–Crippen LogP) is 3.59. The van der Waals surface area contributed by atoms with E-state index < -0.39 is 17.7 Å². The van der Waals surface area contributed by atoms with Crippen LogP contribution in [0.1, 0.15) is 28.8 Å². The van der Waals surface area contributed by atoms with Gasteiger partial charge in [-0.1, -0.05) is 6.07 Å². The highest BCUT2D eigenvalue weighted by Crippen LogP contribution is 2.33. The van der Waals surface area contributed by atoms with E-state index in [1.165, 1.54) is 0 Å². The van der Waals surface area contributed by atoms with Gasteiger partial charge >= 0.3 is 12.1 Å². The van der Waals surface area contributed by atoms with Crippen molar-refractivity contribution in [3.8, 4) is 17.3 Å². The molecular formula is C20H20F3N5O3. The van der Waals surface area contributed by atoms with E-state index in [2.05, 4.69) is 19.9 Å². The second-order valence-corrected chi connectivity index (χ2v) is 6.55. The Balaban J connectivity index is 1.59. The number of aryl methyl sites for hydroxylation is 1. The van der Waals surface area contributed by atoms with Gasteiger partial charge in [0.15, 0.2) is 5.82 Å². The number of benzene rings is 1. The van der Waals surface area contributed by atoms with E-state index >= 15 is 0 Å². The third kappa shape index (κ3) is 5.50. The highest BCUT2D eigenvalue weighted by atomic mass is 19.4. The Morgan fingerprint density at radius 1 is 1.19 bits per heavy atom. The lowest BCUT2D eigenvalue weighted by Gasteiger charge is -2.13. The van der Waals surface area contributed by atoms with E-state index in [9.17, 15) is 18.0 Å². The Bertz CT molecular complexity index is 1050. The van der Waals surface area contributed by atoms with Crippen LogP contribution in [-0.4, -0.2) is 39.4 Å². The van der Waals surface area contributed by atoms with Crippen LogP contribution in [-0.2, 0) is 17.5 Å². The summed E-state index contributed by atoms with van der Waals surface area (Å²) in [5.74, 6) is 0.0843. The lowest BCUT2D eigenvalue weighted by molar-refractivity contribution is -0.137. The van der Waals surface area contributed by atoms with Gasteiger partial charge in [0.2, 0.25) is 0 Å². The van der Waals surface area contributed by atoms with Crippen LogP contribution in [0.25, 0.3) is 11.5 Å². The first-order valence-electron chi connectivity index (χ1n) is 9.32. The Kier molecular flexibility index (Phi) is 6.73. The molecule has 0 bridgehead atoms. The van der Waals surface area contributed by atoms with Crippen molar-refractivity contribution < 1.29 is 27.4 Å². The molecule has 31 heavy (non-hydrogen) atoms. The first kappa shape index (κ1) is 22.1. The lowest BCUT2D eigenvalue weighted by atomic mass is 10.1. The molecule has 11 heteroatoms. The molecule has 0 fully saturated rings. The number of carbonyl (C=O) groups excluding carboxylic acids is 1. The van der Waals surface area contributed by atoms with E-state index in [4.69, 9.17) is 10.5 Å². The van der Waals surface area contributed by atoms with Crippen molar-refractivity contribution in [1.82, 2.24) is 19.7 Å². The molecule has 8 nitrogen and oxygen atoms in total. The highest BCUT2D eigenvalue weighted by molar-refractivity contribution is 5.92. The van der Waals surface area contributed by atoms with Crippen LogP contribution in [0.4, 0.5) is 19.0 Å². The van der Waals surface area contributed by atoms with Crippen LogP contribution in [0.5, 0.6) is 5.75 Å². The third-order valence-corrected chi connectivity index (χ3v) is 4.38. The number of halogens is 3. The van der Waals surface area contributed by atoms with Gasteiger partial charge in [-0.3, -0.25) is 0 Å². The van der Waals surface area contributed by atoms with Crippen LogP contribution < -0.4 is 10.5 Å². The minimum Gasteiger partial charge on any atom is -0.493 e. The fourth-order valence-electron chi connectivity index (χ4n) is 2.86. The van der Waals surface area contributed by atoms with Crippen LogP contribution >= 0.6 is 0 Å². The summed E-state index contributed by atoms with van der Waals surface area (Å²) in [5.41, 5.74) is 5.08. The van der Waals surface area contributed by atoms with E-state index in [1.54, 1.807) is 24.5 Å². The zero-order valence-electron chi connectivity index (χ0n) is 16.6. The number of nitrogens with two attached hydrogens (primary N) is 1. The summed E-state index contributed by atoms with van der Waals surface area (Å²) in [6, 6.07) is 7.93. The minimum atomic E-state index is -4.57. The number of alkyl halides is 3. The fourth-order valence-corrected chi connectivity index (χ4v) is 2.86. The number of pyridine rings is 1. The SMILES string of the molecule is COC(=O)c1cc(C(F)(F)F)ccc1OCCCCn1cnnc1-c1cccc(N)n1. The number of carbonyl (C=O) groups is 1. The van der Waals surface area contributed by atoms with Gasteiger partial charge in [0.05, 0.1) is 19.3 Å². The molecule has 0 unspecified atom stereocenters. The Morgan fingerprint density at radius 3 is 2.71 bits per heavy atom. The second-order valence-electron chi connectivity index (χ2n) is 6.55. The molecule has 3 rings (SSSR count). The van der Waals surface area contributed by atoms with E-state index in [0.717, 1.165) is 25.3 Å². The van der Waals surface area contributed by atoms with Crippen molar-refractivity contribution >= 4 is 11.8 Å². The number of nitrogen functional groups attached to an aromatic ring is 1. The standard InChI is InChI=1S/C20H20F3N5O3/c1-30-19(29)14-11-13(20(21,22)23)7-8-16(14)31-10-3-2-9-28-12-25-27-18(28)15-5-4-6-17(24)26-15/h4-8,11-12H,2-3,9-10H2,1H3,(H2,24,26). The normalized spacial score (nSPS) is 11.4. The number of esters is 1. The molecule has 1 aromatic carbocycles. The van der Waals surface area contributed by atoms with Gasteiger partial charge in [-0.05, 0) is 43.2 Å². The summed E-state index contributed by atoms with van der Waals surface area (Å²) in [7, 11) is 1.10. The van der Waals surface area contributed by atoms with E-state index in [1.807, 2.05) is 4.57 Å². The highest BCUT2D eigenvalue weighted by Gasteiger charge is 2.32. The molecule has 0 atom stereocenters. The smallest absolute Gasteiger partial charge is 0.416 e. The summed E-state index contributed by atoms with van der Waals surface area (Å²) < 4.78 is 50.7. The zero-order valence-corrected chi connectivity index (χ0v) is 16.6. The number of hydrogen-bond donors (Lipinski definition) is 1. The summed E-state index contributed by atoms with van der Waals surface area (Å²) in [5, 5.41) is 7.96. The molecule has 0 aliphatic heterocycles. The summed E-state index contributed by atoms with van der Waals surface area (Å²) >= 11 is 0. The molecule has 0 saturated carbocycles. The van der Waals surface area contributed by atoms with Crippen molar-refractivity contribution in [3.05, 3.63) is 53.9 Å². The molecule has 0 amide bonds. The molecular weight excluding hydrogens is 415 g/mol. The number of aromatic nitrogens is 4. The number of ether oxygens (including phenoxy) is 2. The van der Waals surface area contributed by atoms with Crippen LogP contribution in [0.3, 0.4) is 0 Å². The maximum absolute atomic E-state index is 12.9. The van der Waals surface area contributed by atoms with Gasteiger partial charge < -0.3 is 19.8 Å². The predicted molar refractivity (Wildman–Crippen MR) is 105 cm³/mol. The molecule has 0 aliphatic rings. The first-order chi connectivity index (χ1) is 14.8. The van der Waals surface area contributed by atoms with E-state index in [-0.39, 0.29) is 17.9 Å². The number of anilines is 1. The average molecular weight is 435 g/mol. The van der Waals surface area contributed by atoms with Crippen molar-refractivity contribution in [2.45, 2.75) is 25.6 Å². The molecule has 164 valence electrons. The fraction of sp³-hybridized carbons (Fsp3) is 0.300. The lowest BCUT2D eigenvalue weighted by Crippen LogP contribution is -2.11. The Labute approximate surface area is 175 Å². The molecule has 0 spiro atoms. The Hall–Kier alpha value is -3.63. The molecule has 3 aromatic rings. The minimum absolute atomic E-state index is 0.0359. The van der Waals surface area contributed by atoms with Gasteiger partial charge in [-0.2, -0.15) is 13.2 Å². The monoisotopic (exact) mass is 435 g/mol.